The minimum atomic E-state index is -0.335. The van der Waals surface area contributed by atoms with Gasteiger partial charge in [-0.2, -0.15) is 9.36 Å². The van der Waals surface area contributed by atoms with Crippen LogP contribution in [-0.4, -0.2) is 24.8 Å². The van der Waals surface area contributed by atoms with E-state index in [1.54, 1.807) is 31.4 Å². The van der Waals surface area contributed by atoms with Gasteiger partial charge in [0.25, 0.3) is 0 Å². The first kappa shape index (κ1) is 15.7. The monoisotopic (exact) mass is 326 g/mol. The van der Waals surface area contributed by atoms with E-state index < -0.39 is 0 Å². The summed E-state index contributed by atoms with van der Waals surface area (Å²) in [7, 11) is 1.55. The van der Waals surface area contributed by atoms with Crippen LogP contribution in [0.15, 0.2) is 41.3 Å². The number of aromatic nitrogens is 5. The molecule has 1 aromatic carbocycles. The number of para-hydroxylation sites is 1. The van der Waals surface area contributed by atoms with Crippen molar-refractivity contribution >= 4 is 5.69 Å². The van der Waals surface area contributed by atoms with Crippen molar-refractivity contribution in [3.8, 4) is 11.4 Å². The maximum Gasteiger partial charge on any atom is 0.368 e. The highest BCUT2D eigenvalue weighted by Crippen LogP contribution is 2.27. The number of rotatable bonds is 5. The summed E-state index contributed by atoms with van der Waals surface area (Å²) in [5.74, 6) is 0.598. The Kier molecular flexibility index (Phi) is 4.28. The van der Waals surface area contributed by atoms with E-state index in [9.17, 15) is 4.79 Å². The molecule has 24 heavy (non-hydrogen) atoms. The number of hydrogen-bond donors (Lipinski definition) is 1. The zero-order valence-corrected chi connectivity index (χ0v) is 13.5. The summed E-state index contributed by atoms with van der Waals surface area (Å²) in [6.07, 6.45) is 2.34. The molecule has 0 aliphatic rings. The molecule has 0 saturated heterocycles. The molecule has 0 amide bonds. The van der Waals surface area contributed by atoms with Gasteiger partial charge >= 0.3 is 5.69 Å². The highest BCUT2D eigenvalue weighted by atomic mass is 16.5. The zero-order chi connectivity index (χ0) is 17.1. The number of hydrogen-bond acceptors (Lipinski definition) is 6. The van der Waals surface area contributed by atoms with E-state index in [1.807, 2.05) is 19.1 Å². The van der Waals surface area contributed by atoms with Crippen molar-refractivity contribution in [3.05, 3.63) is 58.3 Å². The molecule has 2 aromatic heterocycles. The molecule has 0 aliphatic heterocycles. The number of nitrogen functional groups attached to an aromatic ring is 1. The van der Waals surface area contributed by atoms with Crippen LogP contribution in [0.1, 0.15) is 18.2 Å². The van der Waals surface area contributed by atoms with E-state index >= 15 is 0 Å². The molecule has 0 radical (unpaired) electrons. The molecule has 0 unspecified atom stereocenters. The van der Waals surface area contributed by atoms with Crippen LogP contribution in [-0.2, 0) is 20.1 Å². The van der Waals surface area contributed by atoms with Gasteiger partial charge in [-0.15, -0.1) is 0 Å². The summed E-state index contributed by atoms with van der Waals surface area (Å²) in [5, 5.41) is 7.65. The highest BCUT2D eigenvalue weighted by molar-refractivity contribution is 5.51. The number of nitrogens with zero attached hydrogens (tertiary/aromatic N) is 5. The Morgan fingerprint density at radius 2 is 2.04 bits per heavy atom. The molecule has 0 atom stereocenters. The van der Waals surface area contributed by atoms with Gasteiger partial charge in [0, 0.05) is 7.05 Å². The predicted octanol–water partition coefficient (Wildman–Crippen LogP) is 1.08. The Labute approximate surface area is 138 Å². The van der Waals surface area contributed by atoms with E-state index in [0.29, 0.717) is 17.1 Å². The van der Waals surface area contributed by atoms with Crippen LogP contribution in [0.5, 0.6) is 5.75 Å². The van der Waals surface area contributed by atoms with Crippen LogP contribution in [0.25, 0.3) is 5.69 Å². The van der Waals surface area contributed by atoms with Gasteiger partial charge in [0.1, 0.15) is 18.0 Å². The smallest absolute Gasteiger partial charge is 0.368 e. The Balaban J connectivity index is 1.97. The quantitative estimate of drug-likeness (QED) is 0.753. The van der Waals surface area contributed by atoms with E-state index in [-0.39, 0.29) is 12.3 Å². The second kappa shape index (κ2) is 6.53. The van der Waals surface area contributed by atoms with Crippen molar-refractivity contribution in [2.75, 3.05) is 5.73 Å². The topological polar surface area (TPSA) is 101 Å². The van der Waals surface area contributed by atoms with Crippen molar-refractivity contribution in [1.82, 2.24) is 24.8 Å². The Morgan fingerprint density at radius 1 is 1.21 bits per heavy atom. The molecule has 124 valence electrons. The second-order valence-electron chi connectivity index (χ2n) is 5.29. The van der Waals surface area contributed by atoms with E-state index in [4.69, 9.17) is 10.5 Å². The van der Waals surface area contributed by atoms with Gasteiger partial charge < -0.3 is 10.5 Å². The number of benzene rings is 1. The van der Waals surface area contributed by atoms with Crippen LogP contribution >= 0.6 is 0 Å². The van der Waals surface area contributed by atoms with Crippen molar-refractivity contribution in [2.24, 2.45) is 7.05 Å². The van der Waals surface area contributed by atoms with Crippen LogP contribution in [0.4, 0.5) is 5.69 Å². The summed E-state index contributed by atoms with van der Waals surface area (Å²) in [6.45, 7) is 2.28. The molecular formula is C16H18N6O2. The fourth-order valence-corrected chi connectivity index (χ4v) is 2.32. The first-order valence-corrected chi connectivity index (χ1v) is 7.54. The van der Waals surface area contributed by atoms with Crippen LogP contribution in [0.3, 0.4) is 0 Å². The van der Waals surface area contributed by atoms with Gasteiger partial charge in [-0.1, -0.05) is 19.1 Å². The predicted molar refractivity (Wildman–Crippen MR) is 89.0 cm³/mol. The molecule has 0 fully saturated rings. The lowest BCUT2D eigenvalue weighted by Gasteiger charge is -2.14. The van der Waals surface area contributed by atoms with Crippen molar-refractivity contribution in [1.29, 1.82) is 0 Å². The summed E-state index contributed by atoms with van der Waals surface area (Å²) < 4.78 is 8.36. The molecule has 0 bridgehead atoms. The van der Waals surface area contributed by atoms with Crippen LogP contribution in [0.2, 0.25) is 0 Å². The lowest BCUT2D eigenvalue weighted by molar-refractivity contribution is 0.296. The third-order valence-corrected chi connectivity index (χ3v) is 3.62. The first-order valence-electron chi connectivity index (χ1n) is 7.54. The fourth-order valence-electron chi connectivity index (χ4n) is 2.32. The number of pyridine rings is 1. The number of aryl methyl sites for hydroxylation is 2. The molecule has 0 aliphatic carbocycles. The lowest BCUT2D eigenvalue weighted by atomic mass is 10.1. The minimum Gasteiger partial charge on any atom is -0.485 e. The maximum atomic E-state index is 12.2. The molecule has 8 heteroatoms. The molecule has 2 N–H and O–H groups in total. The number of ether oxygens (including phenoxy) is 1. The fraction of sp³-hybridized carbons (Fsp3) is 0.250. The molecule has 0 spiro atoms. The van der Waals surface area contributed by atoms with Gasteiger partial charge in [-0.3, -0.25) is 4.98 Å². The average molecular weight is 326 g/mol. The van der Waals surface area contributed by atoms with Gasteiger partial charge in [-0.25, -0.2) is 4.79 Å². The number of anilines is 1. The molecule has 8 nitrogen and oxygen atoms in total. The van der Waals surface area contributed by atoms with Crippen molar-refractivity contribution in [3.63, 3.8) is 0 Å². The molecule has 0 saturated carbocycles. The van der Waals surface area contributed by atoms with E-state index in [1.165, 1.54) is 9.36 Å². The summed E-state index contributed by atoms with van der Waals surface area (Å²) in [6, 6.07) is 9.17. The van der Waals surface area contributed by atoms with Crippen LogP contribution < -0.4 is 16.2 Å². The number of nitrogens with two attached hydrogens (primary N) is 1. The van der Waals surface area contributed by atoms with Gasteiger partial charge in [-0.05, 0) is 40.6 Å². The molecule has 3 aromatic rings. The SMILES string of the molecule is CCc1cccc(-n2nnn(C)c2=O)c1OCc1ccc(N)cn1. The van der Waals surface area contributed by atoms with Gasteiger partial charge in [0.2, 0.25) is 0 Å². The summed E-state index contributed by atoms with van der Waals surface area (Å²) >= 11 is 0. The Morgan fingerprint density at radius 3 is 2.67 bits per heavy atom. The summed E-state index contributed by atoms with van der Waals surface area (Å²) in [5.41, 5.74) is 8.18. The zero-order valence-electron chi connectivity index (χ0n) is 13.5. The largest absolute Gasteiger partial charge is 0.485 e. The molecule has 2 heterocycles. The van der Waals surface area contributed by atoms with Crippen molar-refractivity contribution < 1.29 is 4.74 Å². The highest BCUT2D eigenvalue weighted by Gasteiger charge is 2.15. The minimum absolute atomic E-state index is 0.263. The molecule has 3 rings (SSSR count). The third kappa shape index (κ3) is 2.98. The van der Waals surface area contributed by atoms with Crippen LogP contribution in [0, 0.1) is 0 Å². The van der Waals surface area contributed by atoms with Gasteiger partial charge in [0.05, 0.1) is 17.6 Å². The Hall–Kier alpha value is -3.16. The van der Waals surface area contributed by atoms with E-state index in [2.05, 4.69) is 15.4 Å². The maximum absolute atomic E-state index is 12.2. The van der Waals surface area contributed by atoms with E-state index in [0.717, 1.165) is 17.7 Å². The van der Waals surface area contributed by atoms with Gasteiger partial charge in [0.15, 0.2) is 0 Å². The standard InChI is InChI=1S/C16H18N6O2/c1-3-11-5-4-6-14(22-16(23)21(2)19-20-22)15(11)24-10-13-8-7-12(17)9-18-13/h4-9H,3,10,17H2,1-2H3. The normalized spacial score (nSPS) is 10.8. The summed E-state index contributed by atoms with van der Waals surface area (Å²) in [4.78, 5) is 16.4. The lowest BCUT2D eigenvalue weighted by Crippen LogP contribution is -2.22. The number of tetrazole rings is 1. The third-order valence-electron chi connectivity index (χ3n) is 3.62. The van der Waals surface area contributed by atoms with Crippen molar-refractivity contribution in [2.45, 2.75) is 20.0 Å². The first-order chi connectivity index (χ1) is 11.6. The average Bonchev–Trinajstić information content (AvgIpc) is 2.93. The molecular weight excluding hydrogens is 308 g/mol. The Bertz CT molecular complexity index is 898. The second-order valence-corrected chi connectivity index (χ2v) is 5.29.